The van der Waals surface area contributed by atoms with Crippen LogP contribution in [0.5, 0.6) is 0 Å². The number of ether oxygens (including phenoxy) is 1. The number of rotatable bonds is 9. The lowest BCUT2D eigenvalue weighted by Gasteiger charge is -2.40. The molecule has 52 heavy (non-hydrogen) atoms. The van der Waals surface area contributed by atoms with Gasteiger partial charge in [-0.05, 0) is 99.2 Å². The summed E-state index contributed by atoms with van der Waals surface area (Å²) in [5.74, 6) is 0.185. The zero-order chi connectivity index (χ0) is 37.0. The minimum Gasteiger partial charge on any atom is -0.444 e. The molecule has 2 bridgehead atoms. The Morgan fingerprint density at radius 2 is 1.67 bits per heavy atom. The SMILES string of the molecule is CC(=O)NC1CC2(C(=O)N(CC(=O)Nc3ccc4c(c3)C[C@@]3(C4)C(=O)Nc4ncccc43)Cc3ccccc3CN(C)C(=O)OC(C)(C)C)CC1C2. The Bertz CT molecular complexity index is 1970. The number of nitrogens with zero attached hydrogens (tertiary/aromatic N) is 3. The molecule has 5 aliphatic rings. The molecule has 3 aromatic rings. The van der Waals surface area contributed by atoms with Gasteiger partial charge in [-0.2, -0.15) is 0 Å². The van der Waals surface area contributed by atoms with Crippen LogP contribution in [-0.2, 0) is 55.3 Å². The van der Waals surface area contributed by atoms with Crippen LogP contribution in [0.25, 0.3) is 0 Å². The van der Waals surface area contributed by atoms with E-state index in [1.807, 2.05) is 75.4 Å². The average Bonchev–Trinajstić information content (AvgIpc) is 3.79. The number of carbonyl (C=O) groups excluding carboxylic acids is 5. The Hall–Kier alpha value is -5.26. The van der Waals surface area contributed by atoms with Crippen LogP contribution in [0.4, 0.5) is 16.3 Å². The molecule has 1 aromatic heterocycles. The number of aromatic nitrogens is 1. The summed E-state index contributed by atoms with van der Waals surface area (Å²) in [4.78, 5) is 73.6. The van der Waals surface area contributed by atoms with Crippen LogP contribution in [0.1, 0.15) is 74.8 Å². The summed E-state index contributed by atoms with van der Waals surface area (Å²) >= 11 is 0. The number of fused-ring (bicyclic) bond motifs is 4. The van der Waals surface area contributed by atoms with Crippen LogP contribution in [0.2, 0.25) is 0 Å². The van der Waals surface area contributed by atoms with E-state index in [1.165, 1.54) is 11.8 Å². The second-order valence-corrected chi connectivity index (χ2v) is 16.0. The third-order valence-corrected chi connectivity index (χ3v) is 11.0. The van der Waals surface area contributed by atoms with Crippen LogP contribution in [0.3, 0.4) is 0 Å². The molecule has 0 saturated heterocycles. The van der Waals surface area contributed by atoms with Crippen LogP contribution in [-0.4, -0.2) is 69.7 Å². The molecule has 12 heteroatoms. The fourth-order valence-corrected chi connectivity index (χ4v) is 8.66. The Kier molecular flexibility index (Phi) is 8.83. The second kappa shape index (κ2) is 13.1. The van der Waals surface area contributed by atoms with E-state index in [1.54, 1.807) is 18.1 Å². The molecule has 5 amide bonds. The van der Waals surface area contributed by atoms with E-state index in [0.29, 0.717) is 43.6 Å². The van der Waals surface area contributed by atoms with Crippen molar-refractivity contribution < 1.29 is 28.7 Å². The van der Waals surface area contributed by atoms with E-state index in [-0.39, 0.29) is 55.2 Å². The molecule has 2 heterocycles. The summed E-state index contributed by atoms with van der Waals surface area (Å²) < 4.78 is 5.56. The fourth-order valence-electron chi connectivity index (χ4n) is 8.66. The lowest BCUT2D eigenvalue weighted by atomic mass is 9.68. The van der Waals surface area contributed by atoms with Crippen molar-refractivity contribution in [1.82, 2.24) is 20.1 Å². The molecule has 2 atom stereocenters. The summed E-state index contributed by atoms with van der Waals surface area (Å²) in [7, 11) is 1.67. The molecule has 3 saturated carbocycles. The number of hydrogen-bond acceptors (Lipinski definition) is 7. The van der Waals surface area contributed by atoms with Gasteiger partial charge in [0.25, 0.3) is 0 Å². The van der Waals surface area contributed by atoms with Gasteiger partial charge in [0.2, 0.25) is 23.6 Å². The van der Waals surface area contributed by atoms with Crippen molar-refractivity contribution in [2.45, 2.75) is 89.9 Å². The fraction of sp³-hybridized carbons (Fsp3) is 0.450. The van der Waals surface area contributed by atoms with E-state index in [2.05, 4.69) is 20.9 Å². The predicted octanol–water partition coefficient (Wildman–Crippen LogP) is 4.71. The summed E-state index contributed by atoms with van der Waals surface area (Å²) in [5.41, 5.74) is 3.14. The number of nitrogens with one attached hydrogen (secondary N) is 3. The van der Waals surface area contributed by atoms with Crippen molar-refractivity contribution in [2.75, 3.05) is 24.2 Å². The van der Waals surface area contributed by atoms with Gasteiger partial charge in [0.05, 0.1) is 10.8 Å². The third-order valence-electron chi connectivity index (χ3n) is 11.0. The molecule has 8 rings (SSSR count). The number of benzene rings is 2. The first-order chi connectivity index (χ1) is 24.6. The summed E-state index contributed by atoms with van der Waals surface area (Å²) in [6, 6.07) is 17.0. The highest BCUT2D eigenvalue weighted by Crippen LogP contribution is 2.59. The normalized spacial score (nSPS) is 23.6. The van der Waals surface area contributed by atoms with Crippen molar-refractivity contribution >= 4 is 41.2 Å². The molecular formula is C40H46N6O6. The summed E-state index contributed by atoms with van der Waals surface area (Å²) in [6.45, 7) is 7.17. The lowest BCUT2D eigenvalue weighted by molar-refractivity contribution is -0.148. The molecule has 1 aliphatic heterocycles. The van der Waals surface area contributed by atoms with E-state index < -0.39 is 22.5 Å². The zero-order valence-electron chi connectivity index (χ0n) is 30.4. The standard InChI is InChI=1S/C40H46N6O6/c1-24(47)42-32-20-39(16-29(32)17-39)36(50)46(22-27-10-7-6-9-26(27)21-45(5)37(51)52-38(2,3)4)23-33(48)43-30-13-12-25-18-40(19-28(25)15-30)31-11-8-14-41-34(31)44-35(40)49/h6-15,29,32H,16-23H2,1-5H3,(H,42,47)(H,43,48)(H,41,44,49)/t29?,32?,39?,40-/m1/s1. The van der Waals surface area contributed by atoms with Gasteiger partial charge < -0.3 is 30.5 Å². The molecule has 1 spiro atoms. The van der Waals surface area contributed by atoms with E-state index in [0.717, 1.165) is 27.8 Å². The molecule has 0 radical (unpaired) electrons. The monoisotopic (exact) mass is 706 g/mol. The first-order valence-electron chi connectivity index (χ1n) is 17.9. The Morgan fingerprint density at radius 1 is 0.962 bits per heavy atom. The molecule has 12 nitrogen and oxygen atoms in total. The smallest absolute Gasteiger partial charge is 0.410 e. The van der Waals surface area contributed by atoms with Gasteiger partial charge in [-0.1, -0.05) is 36.4 Å². The number of carbonyl (C=O) groups is 5. The average molecular weight is 707 g/mol. The van der Waals surface area contributed by atoms with Gasteiger partial charge >= 0.3 is 6.09 Å². The molecule has 1 unspecified atom stereocenters. The second-order valence-electron chi connectivity index (χ2n) is 16.0. The molecule has 4 aliphatic carbocycles. The Labute approximate surface area is 303 Å². The van der Waals surface area contributed by atoms with Gasteiger partial charge in [-0.3, -0.25) is 19.2 Å². The van der Waals surface area contributed by atoms with Gasteiger partial charge in [-0.15, -0.1) is 0 Å². The van der Waals surface area contributed by atoms with Crippen molar-refractivity contribution in [2.24, 2.45) is 11.3 Å². The van der Waals surface area contributed by atoms with Crippen LogP contribution < -0.4 is 16.0 Å². The van der Waals surface area contributed by atoms with Gasteiger partial charge in [0.1, 0.15) is 18.0 Å². The molecule has 3 fully saturated rings. The highest BCUT2D eigenvalue weighted by Gasteiger charge is 2.61. The number of amides is 5. The maximum absolute atomic E-state index is 14.5. The quantitative estimate of drug-likeness (QED) is 0.292. The van der Waals surface area contributed by atoms with Crippen LogP contribution in [0, 0.1) is 11.3 Å². The maximum atomic E-state index is 14.5. The number of pyridine rings is 1. The topological polar surface area (TPSA) is 150 Å². The highest BCUT2D eigenvalue weighted by molar-refractivity contribution is 6.06. The van der Waals surface area contributed by atoms with Gasteiger partial charge in [0.15, 0.2) is 0 Å². The first-order valence-corrected chi connectivity index (χ1v) is 17.9. The number of anilines is 2. The Balaban J connectivity index is 1.10. The first kappa shape index (κ1) is 35.2. The maximum Gasteiger partial charge on any atom is 0.410 e. The minimum absolute atomic E-state index is 0.0636. The molecule has 2 aromatic carbocycles. The van der Waals surface area contributed by atoms with Gasteiger partial charge in [0, 0.05) is 50.6 Å². The lowest BCUT2D eigenvalue weighted by Crippen LogP contribution is -2.49. The van der Waals surface area contributed by atoms with E-state index in [9.17, 15) is 24.0 Å². The zero-order valence-corrected chi connectivity index (χ0v) is 30.4. The van der Waals surface area contributed by atoms with Crippen molar-refractivity contribution in [3.05, 3.63) is 88.6 Å². The summed E-state index contributed by atoms with van der Waals surface area (Å²) in [6.07, 6.45) is 4.12. The van der Waals surface area contributed by atoms with Crippen LogP contribution >= 0.6 is 0 Å². The highest BCUT2D eigenvalue weighted by atomic mass is 16.6. The van der Waals surface area contributed by atoms with Crippen molar-refractivity contribution in [3.63, 3.8) is 0 Å². The van der Waals surface area contributed by atoms with E-state index in [4.69, 9.17) is 4.74 Å². The molecule has 272 valence electrons. The molecule has 3 N–H and O–H groups in total. The van der Waals surface area contributed by atoms with Crippen LogP contribution in [0.15, 0.2) is 60.8 Å². The predicted molar refractivity (Wildman–Crippen MR) is 194 cm³/mol. The largest absolute Gasteiger partial charge is 0.444 e. The summed E-state index contributed by atoms with van der Waals surface area (Å²) in [5, 5.41) is 8.96. The van der Waals surface area contributed by atoms with Crippen molar-refractivity contribution in [1.29, 1.82) is 0 Å². The molecular weight excluding hydrogens is 660 g/mol. The number of hydrogen-bond donors (Lipinski definition) is 3. The minimum atomic E-state index is -0.723. The third kappa shape index (κ3) is 6.62. The van der Waals surface area contributed by atoms with Gasteiger partial charge in [-0.25, -0.2) is 9.78 Å². The van der Waals surface area contributed by atoms with Crippen molar-refractivity contribution in [3.8, 4) is 0 Å². The Morgan fingerprint density at radius 3 is 2.38 bits per heavy atom. The van der Waals surface area contributed by atoms with E-state index >= 15 is 0 Å².